The summed E-state index contributed by atoms with van der Waals surface area (Å²) in [6, 6.07) is 12.3. The van der Waals surface area contributed by atoms with Crippen LogP contribution in [0.5, 0.6) is 23.0 Å². The third kappa shape index (κ3) is 18.8. The zero-order chi connectivity index (χ0) is 45.7. The minimum atomic E-state index is -1.93. The van der Waals surface area contributed by atoms with Gasteiger partial charge >= 0.3 is 0 Å². The van der Waals surface area contributed by atoms with Crippen LogP contribution in [0.1, 0.15) is 88.6 Å². The van der Waals surface area contributed by atoms with Gasteiger partial charge in [-0.15, -0.1) is 17.5 Å². The van der Waals surface area contributed by atoms with Gasteiger partial charge in [-0.05, 0) is 125 Å². The number of hydrogen-bond acceptors (Lipinski definition) is 4. The SMILES string of the molecule is C#C[Si](C)(C)C.CC(C)(C)[Si](C)(C)Oc1ccc(O[Si](C)(C)C(C)(C)C)c(Br)c1.CC(C)(C)[Si](C)(C)Oc1ccc(O[Si](C)(C)C(C)(C)C)c(C#C[Si](C)(C)C)c1. The average molecular weight is 951 g/mol. The largest absolute Gasteiger partial charge is 0.543 e. The van der Waals surface area contributed by atoms with E-state index in [1.807, 2.05) is 18.2 Å². The van der Waals surface area contributed by atoms with Gasteiger partial charge in [-0.1, -0.05) is 128 Å². The summed E-state index contributed by atoms with van der Waals surface area (Å²) >= 11 is 3.66. The molecule has 0 aliphatic heterocycles. The molecule has 0 saturated carbocycles. The second-order valence-electron chi connectivity index (χ2n) is 23.6. The smallest absolute Gasteiger partial charge is 0.250 e. The predicted octanol–water partition coefficient (Wildman–Crippen LogP) is 16.4. The van der Waals surface area contributed by atoms with Crippen LogP contribution in [0.2, 0.25) is 112 Å². The van der Waals surface area contributed by atoms with Gasteiger partial charge in [0.15, 0.2) is 0 Å². The fourth-order valence-corrected chi connectivity index (χ4v) is 8.60. The van der Waals surface area contributed by atoms with Crippen LogP contribution in [-0.2, 0) is 0 Å². The van der Waals surface area contributed by atoms with Gasteiger partial charge in [0.25, 0.3) is 16.6 Å². The lowest BCUT2D eigenvalue weighted by Gasteiger charge is -2.37. The van der Waals surface area contributed by atoms with Crippen molar-refractivity contribution in [2.24, 2.45) is 0 Å². The Balaban J connectivity index is 0.000000974. The van der Waals surface area contributed by atoms with Crippen molar-refractivity contribution in [2.75, 3.05) is 0 Å². The molecule has 2 aromatic carbocycles. The summed E-state index contributed by atoms with van der Waals surface area (Å²) in [6.07, 6.45) is 5.12. The molecule has 0 bridgehead atoms. The highest BCUT2D eigenvalue weighted by atomic mass is 79.9. The summed E-state index contributed by atoms with van der Waals surface area (Å²) in [7, 11) is -10.1. The van der Waals surface area contributed by atoms with Crippen LogP contribution < -0.4 is 17.7 Å². The van der Waals surface area contributed by atoms with Gasteiger partial charge in [0.1, 0.15) is 39.1 Å². The second kappa shape index (κ2) is 19.5. The van der Waals surface area contributed by atoms with Crippen LogP contribution in [0, 0.1) is 23.4 Å². The Morgan fingerprint density at radius 2 is 0.754 bits per heavy atom. The zero-order valence-electron chi connectivity index (χ0n) is 41.6. The molecule has 324 valence electrons. The summed E-state index contributed by atoms with van der Waals surface area (Å²) in [5.74, 6) is 7.09. The normalized spacial score (nSPS) is 13.4. The Morgan fingerprint density at radius 3 is 1.05 bits per heavy atom. The molecule has 0 aliphatic rings. The van der Waals surface area contributed by atoms with Crippen LogP contribution in [0.15, 0.2) is 40.9 Å². The maximum atomic E-state index is 6.62. The van der Waals surface area contributed by atoms with E-state index >= 15 is 0 Å². The van der Waals surface area contributed by atoms with Crippen molar-refractivity contribution in [1.29, 1.82) is 0 Å². The molecule has 0 spiro atoms. The van der Waals surface area contributed by atoms with Crippen molar-refractivity contribution >= 4 is 65.3 Å². The van der Waals surface area contributed by atoms with E-state index in [1.165, 1.54) is 0 Å². The van der Waals surface area contributed by atoms with Crippen molar-refractivity contribution in [3.63, 3.8) is 0 Å². The van der Waals surface area contributed by atoms with E-state index in [1.54, 1.807) is 0 Å². The molecule has 0 heterocycles. The first kappa shape index (κ1) is 55.5. The topological polar surface area (TPSA) is 36.9 Å². The van der Waals surface area contributed by atoms with Gasteiger partial charge in [0, 0.05) is 0 Å². The molecule has 2 aromatic rings. The fraction of sp³-hybridized carbons (Fsp3) is 0.652. The zero-order valence-corrected chi connectivity index (χ0v) is 49.1. The third-order valence-corrected chi connectivity index (χ3v) is 31.3. The first-order chi connectivity index (χ1) is 24.9. The average Bonchev–Trinajstić information content (AvgIpc) is 2.95. The lowest BCUT2D eigenvalue weighted by Crippen LogP contribution is -2.44. The highest BCUT2D eigenvalue weighted by molar-refractivity contribution is 9.10. The summed E-state index contributed by atoms with van der Waals surface area (Å²) in [5, 5.41) is 0.679. The first-order valence-electron chi connectivity index (χ1n) is 20.6. The van der Waals surface area contributed by atoms with Crippen LogP contribution >= 0.6 is 15.9 Å². The maximum absolute atomic E-state index is 6.62. The molecule has 0 unspecified atom stereocenters. The predicted molar refractivity (Wildman–Crippen MR) is 274 cm³/mol. The van der Waals surface area contributed by atoms with Crippen LogP contribution in [0.25, 0.3) is 0 Å². The van der Waals surface area contributed by atoms with Gasteiger partial charge < -0.3 is 17.7 Å². The molecule has 0 aromatic heterocycles. The van der Waals surface area contributed by atoms with Crippen molar-refractivity contribution in [3.05, 3.63) is 46.4 Å². The molecular formula is C46H85BrO4Si6. The Labute approximate surface area is 368 Å². The van der Waals surface area contributed by atoms with E-state index in [0.717, 1.165) is 33.0 Å². The molecule has 0 N–H and O–H groups in total. The number of benzene rings is 2. The molecule has 0 amide bonds. The Morgan fingerprint density at radius 1 is 0.456 bits per heavy atom. The second-order valence-corrected chi connectivity index (χ2v) is 52.9. The van der Waals surface area contributed by atoms with Gasteiger partial charge in [-0.25, -0.2) is 0 Å². The molecule has 0 atom stereocenters. The number of hydrogen-bond donors (Lipinski definition) is 0. The van der Waals surface area contributed by atoms with Crippen molar-refractivity contribution < 1.29 is 17.7 Å². The summed E-state index contributed by atoms with van der Waals surface area (Å²) < 4.78 is 26.9. The van der Waals surface area contributed by atoms with Crippen LogP contribution in [0.4, 0.5) is 0 Å². The van der Waals surface area contributed by atoms with Gasteiger partial charge in [0.05, 0.1) is 10.0 Å². The molecule has 0 saturated heterocycles. The first-order valence-corrected chi connectivity index (χ1v) is 40.0. The highest BCUT2D eigenvalue weighted by Gasteiger charge is 2.42. The quantitative estimate of drug-likeness (QED) is 0.195. The maximum Gasteiger partial charge on any atom is 0.250 e. The van der Waals surface area contributed by atoms with Crippen molar-refractivity contribution in [1.82, 2.24) is 0 Å². The number of halogens is 1. The lowest BCUT2D eigenvalue weighted by atomic mass is 10.2. The van der Waals surface area contributed by atoms with Gasteiger partial charge in [-0.2, -0.15) is 0 Å². The Bertz CT molecular complexity index is 1720. The van der Waals surface area contributed by atoms with E-state index in [2.05, 4.69) is 226 Å². The Kier molecular flexibility index (Phi) is 19.0. The van der Waals surface area contributed by atoms with Crippen molar-refractivity contribution in [3.8, 4) is 46.4 Å². The molecule has 0 aliphatic carbocycles. The van der Waals surface area contributed by atoms with Crippen LogP contribution in [-0.4, -0.2) is 49.4 Å². The summed E-state index contributed by atoms with van der Waals surface area (Å²) in [4.78, 5) is 0. The summed E-state index contributed by atoms with van der Waals surface area (Å²) in [6.45, 7) is 58.5. The minimum Gasteiger partial charge on any atom is -0.543 e. The van der Waals surface area contributed by atoms with Crippen LogP contribution in [0.3, 0.4) is 0 Å². The highest BCUT2D eigenvalue weighted by Crippen LogP contribution is 2.43. The molecule has 57 heavy (non-hydrogen) atoms. The van der Waals surface area contributed by atoms with Crippen molar-refractivity contribution in [2.45, 2.75) is 195 Å². The Hall–Kier alpha value is -1.46. The van der Waals surface area contributed by atoms with E-state index in [0.29, 0.717) is 0 Å². The molecule has 4 nitrogen and oxygen atoms in total. The van der Waals surface area contributed by atoms with E-state index < -0.39 is 49.4 Å². The van der Waals surface area contributed by atoms with E-state index in [9.17, 15) is 0 Å². The molecule has 2 rings (SSSR count). The number of rotatable bonds is 8. The fourth-order valence-electron chi connectivity index (χ4n) is 3.39. The van der Waals surface area contributed by atoms with Gasteiger partial charge in [0.2, 0.25) is 16.6 Å². The lowest BCUT2D eigenvalue weighted by molar-refractivity contribution is 0.479. The minimum absolute atomic E-state index is 0.146. The monoisotopic (exact) mass is 948 g/mol. The van der Waals surface area contributed by atoms with Gasteiger partial charge in [-0.3, -0.25) is 0 Å². The molecular weight excluding hydrogens is 865 g/mol. The van der Waals surface area contributed by atoms with E-state index in [-0.39, 0.29) is 20.2 Å². The van der Waals surface area contributed by atoms with E-state index in [4.69, 9.17) is 24.1 Å². The molecule has 11 heteroatoms. The third-order valence-electron chi connectivity index (χ3n) is 11.6. The number of terminal acetylenes is 1. The summed E-state index contributed by atoms with van der Waals surface area (Å²) in [5.41, 5.74) is 7.21. The molecule has 0 radical (unpaired) electrons. The standard InChI is InChI=1S/C23H42O2Si3.C18H33BrO2Si2.C5H10Si/c1-22(2,3)27(10,11)24-20-14-15-21(25-28(12,13)23(4,5)6)19(18-20)16-17-26(7,8)9;1-17(2,3)22(7,8)20-14-11-12-16(15(19)13-14)21-23(9,10)18(4,5)6;1-5-6(2,3)4/h14-15,18H,1-13H3;11-13H,1-10H3;1H,2-4H3. The molecule has 0 fully saturated rings.